The summed E-state index contributed by atoms with van der Waals surface area (Å²) in [4.78, 5) is 24.5. The molecule has 2 aromatic carbocycles. The van der Waals surface area contributed by atoms with E-state index in [1.807, 2.05) is 18.2 Å². The van der Waals surface area contributed by atoms with Gasteiger partial charge in [-0.25, -0.2) is 13.2 Å². The van der Waals surface area contributed by atoms with E-state index in [1.165, 1.54) is 29.6 Å². The van der Waals surface area contributed by atoms with Gasteiger partial charge < -0.3 is 19.5 Å². The van der Waals surface area contributed by atoms with E-state index in [-0.39, 0.29) is 30.1 Å². The lowest BCUT2D eigenvalue weighted by atomic mass is 10.2. The number of rotatable bonds is 8. The molecule has 1 heterocycles. The van der Waals surface area contributed by atoms with Crippen molar-refractivity contribution in [3.05, 3.63) is 58.1 Å². The first-order valence-electron chi connectivity index (χ1n) is 9.76. The topological polar surface area (TPSA) is 111 Å². The second-order valence-electron chi connectivity index (χ2n) is 6.83. The molecular weight excluding hydrogens is 504 g/mol. The van der Waals surface area contributed by atoms with Crippen molar-refractivity contribution in [2.45, 2.75) is 11.4 Å². The van der Waals surface area contributed by atoms with Crippen LogP contribution in [0.15, 0.2) is 51.8 Å². The molecule has 0 radical (unpaired) electrons. The van der Waals surface area contributed by atoms with Gasteiger partial charge in [-0.2, -0.15) is 4.31 Å². The molecule has 0 aliphatic carbocycles. The van der Waals surface area contributed by atoms with E-state index in [2.05, 4.69) is 21.2 Å². The van der Waals surface area contributed by atoms with Gasteiger partial charge in [-0.1, -0.05) is 18.2 Å². The minimum absolute atomic E-state index is 0.0255. The molecule has 2 aromatic rings. The summed E-state index contributed by atoms with van der Waals surface area (Å²) in [5.74, 6) is -0.667. The van der Waals surface area contributed by atoms with E-state index >= 15 is 0 Å². The Morgan fingerprint density at radius 1 is 1.16 bits per heavy atom. The van der Waals surface area contributed by atoms with Crippen molar-refractivity contribution in [2.24, 2.45) is 0 Å². The Morgan fingerprint density at radius 3 is 2.59 bits per heavy atom. The number of ether oxygens (including phenoxy) is 3. The molecular formula is C21H23BrN2O7S. The lowest BCUT2D eigenvalue weighted by Crippen LogP contribution is -2.40. The Bertz CT molecular complexity index is 1090. The second-order valence-corrected chi connectivity index (χ2v) is 9.59. The lowest BCUT2D eigenvalue weighted by molar-refractivity contribution is -0.124. The summed E-state index contributed by atoms with van der Waals surface area (Å²) in [6.45, 7) is 0.785. The van der Waals surface area contributed by atoms with E-state index in [1.54, 1.807) is 6.07 Å². The number of carbonyl (C=O) groups excluding carboxylic acids is 2. The fourth-order valence-electron chi connectivity index (χ4n) is 3.06. The fourth-order valence-corrected chi connectivity index (χ4v) is 5.42. The third kappa shape index (κ3) is 5.85. The zero-order chi connectivity index (χ0) is 23.1. The van der Waals surface area contributed by atoms with Gasteiger partial charge in [-0.15, -0.1) is 0 Å². The zero-order valence-corrected chi connectivity index (χ0v) is 19.8. The standard InChI is InChI=1S/C21H23BrN2O7S/c1-29-18-5-3-2-4-16(18)13-23-20(25)14-31-21(26)15-6-7-17(22)19(12-15)32(27,28)24-8-10-30-11-9-24/h2-7,12H,8-11,13-14H2,1H3,(H,23,25). The van der Waals surface area contributed by atoms with Gasteiger partial charge in [0.05, 0.1) is 30.8 Å². The first-order chi connectivity index (χ1) is 15.3. The van der Waals surface area contributed by atoms with Crippen LogP contribution < -0.4 is 10.1 Å². The second kappa shape index (κ2) is 10.9. The number of carbonyl (C=O) groups is 2. The van der Waals surface area contributed by atoms with Crippen LogP contribution in [0.1, 0.15) is 15.9 Å². The highest BCUT2D eigenvalue weighted by Gasteiger charge is 2.29. The first kappa shape index (κ1) is 24.2. The summed E-state index contributed by atoms with van der Waals surface area (Å²) >= 11 is 3.24. The van der Waals surface area contributed by atoms with Crippen LogP contribution in [0.25, 0.3) is 0 Å². The van der Waals surface area contributed by atoms with Crippen LogP contribution in [-0.2, 0) is 30.8 Å². The van der Waals surface area contributed by atoms with Crippen LogP contribution in [0, 0.1) is 0 Å². The quantitative estimate of drug-likeness (QED) is 0.523. The molecule has 1 saturated heterocycles. The van der Waals surface area contributed by atoms with Gasteiger partial charge in [0.15, 0.2) is 6.61 Å². The van der Waals surface area contributed by atoms with E-state index in [4.69, 9.17) is 14.2 Å². The molecule has 11 heteroatoms. The molecule has 1 aliphatic rings. The van der Waals surface area contributed by atoms with Gasteiger partial charge in [-0.05, 0) is 40.2 Å². The van der Waals surface area contributed by atoms with E-state index in [0.717, 1.165) is 5.56 Å². The minimum Gasteiger partial charge on any atom is -0.496 e. The molecule has 0 aromatic heterocycles. The summed E-state index contributed by atoms with van der Waals surface area (Å²) in [7, 11) is -2.28. The van der Waals surface area contributed by atoms with Gasteiger partial charge >= 0.3 is 5.97 Å². The lowest BCUT2D eigenvalue weighted by Gasteiger charge is -2.26. The number of nitrogens with one attached hydrogen (secondary N) is 1. The number of esters is 1. The van der Waals surface area contributed by atoms with Crippen LogP contribution in [0.4, 0.5) is 0 Å². The van der Waals surface area contributed by atoms with Gasteiger partial charge in [0.2, 0.25) is 10.0 Å². The van der Waals surface area contributed by atoms with Crippen LogP contribution in [0.2, 0.25) is 0 Å². The summed E-state index contributed by atoms with van der Waals surface area (Å²) in [5.41, 5.74) is 0.804. The zero-order valence-electron chi connectivity index (χ0n) is 17.4. The molecule has 1 amide bonds. The number of benzene rings is 2. The third-order valence-electron chi connectivity index (χ3n) is 4.76. The largest absolute Gasteiger partial charge is 0.496 e. The Kier molecular flexibility index (Phi) is 8.24. The molecule has 3 rings (SSSR count). The third-order valence-corrected chi connectivity index (χ3v) is 7.65. The van der Waals surface area contributed by atoms with Crippen molar-refractivity contribution < 1.29 is 32.2 Å². The summed E-state index contributed by atoms with van der Waals surface area (Å²) in [5, 5.41) is 2.65. The van der Waals surface area contributed by atoms with E-state index in [9.17, 15) is 18.0 Å². The van der Waals surface area contributed by atoms with Gasteiger partial charge in [0.1, 0.15) is 5.75 Å². The SMILES string of the molecule is COc1ccccc1CNC(=O)COC(=O)c1ccc(Br)c(S(=O)(=O)N2CCOCC2)c1. The van der Waals surface area contributed by atoms with Crippen molar-refractivity contribution >= 4 is 37.8 Å². The molecule has 1 N–H and O–H groups in total. The van der Waals surface area contributed by atoms with Crippen molar-refractivity contribution in [1.82, 2.24) is 9.62 Å². The predicted molar refractivity (Wildman–Crippen MR) is 119 cm³/mol. The van der Waals surface area contributed by atoms with Crippen LogP contribution >= 0.6 is 15.9 Å². The average molecular weight is 527 g/mol. The Labute approximate surface area is 194 Å². The maximum Gasteiger partial charge on any atom is 0.338 e. The Morgan fingerprint density at radius 2 is 1.88 bits per heavy atom. The van der Waals surface area contributed by atoms with Crippen molar-refractivity contribution in [3.63, 3.8) is 0 Å². The molecule has 0 spiro atoms. The van der Waals surface area contributed by atoms with Crippen molar-refractivity contribution in [3.8, 4) is 5.75 Å². The monoisotopic (exact) mass is 526 g/mol. The van der Waals surface area contributed by atoms with Crippen molar-refractivity contribution in [1.29, 1.82) is 0 Å². The number of halogens is 1. The maximum atomic E-state index is 12.9. The van der Waals surface area contributed by atoms with Gasteiger partial charge in [0.25, 0.3) is 5.91 Å². The highest BCUT2D eigenvalue weighted by Crippen LogP contribution is 2.27. The molecule has 1 fully saturated rings. The molecule has 9 nitrogen and oxygen atoms in total. The van der Waals surface area contributed by atoms with Crippen LogP contribution in [0.3, 0.4) is 0 Å². The molecule has 0 bridgehead atoms. The molecule has 1 aliphatic heterocycles. The number of sulfonamides is 1. The summed E-state index contributed by atoms with van der Waals surface area (Å²) < 4.78 is 43.0. The number of nitrogens with zero attached hydrogens (tertiary/aromatic N) is 1. The van der Waals surface area contributed by atoms with Crippen molar-refractivity contribution in [2.75, 3.05) is 40.0 Å². The number of methoxy groups -OCH3 is 1. The number of morpholine rings is 1. The number of hydrogen-bond acceptors (Lipinski definition) is 7. The molecule has 0 atom stereocenters. The molecule has 172 valence electrons. The Hall–Kier alpha value is -2.47. The first-order valence-corrected chi connectivity index (χ1v) is 12.0. The highest BCUT2D eigenvalue weighted by molar-refractivity contribution is 9.10. The Balaban J connectivity index is 1.61. The fraction of sp³-hybridized carbons (Fsp3) is 0.333. The number of hydrogen-bond donors (Lipinski definition) is 1. The predicted octanol–water partition coefficient (Wildman–Crippen LogP) is 1.95. The maximum absolute atomic E-state index is 12.9. The smallest absolute Gasteiger partial charge is 0.338 e. The van der Waals surface area contributed by atoms with E-state index in [0.29, 0.717) is 23.4 Å². The molecule has 0 unspecified atom stereocenters. The summed E-state index contributed by atoms with van der Waals surface area (Å²) in [6.07, 6.45) is 0. The highest BCUT2D eigenvalue weighted by atomic mass is 79.9. The average Bonchev–Trinajstić information content (AvgIpc) is 2.82. The molecule has 0 saturated carbocycles. The van der Waals surface area contributed by atoms with Gasteiger partial charge in [-0.3, -0.25) is 4.79 Å². The minimum atomic E-state index is -3.82. The number of para-hydroxylation sites is 1. The van der Waals surface area contributed by atoms with Crippen LogP contribution in [0.5, 0.6) is 5.75 Å². The normalized spacial score (nSPS) is 14.6. The number of amides is 1. The van der Waals surface area contributed by atoms with Gasteiger partial charge in [0, 0.05) is 29.7 Å². The molecule has 32 heavy (non-hydrogen) atoms. The van der Waals surface area contributed by atoms with E-state index < -0.39 is 28.5 Å². The van der Waals surface area contributed by atoms with Crippen LogP contribution in [-0.4, -0.2) is 64.6 Å². The summed E-state index contributed by atoms with van der Waals surface area (Å²) in [6, 6.07) is 11.4.